The molecule has 3 saturated heterocycles. The number of pyridine rings is 9. The minimum absolute atomic E-state index is 0.0562. The Morgan fingerprint density at radius 2 is 0.659 bits per heavy atom. The maximum Gasteiger partial charge on any atom is 0.276 e. The summed E-state index contributed by atoms with van der Waals surface area (Å²) in [5.74, 6) is -8.79. The van der Waals surface area contributed by atoms with Crippen LogP contribution in [0.25, 0.3) is 83.9 Å². The number of nitrogens with zero attached hydrogens (tertiary/aromatic N) is 18. The third-order valence-electron chi connectivity index (χ3n) is 24.0. The maximum absolute atomic E-state index is 15.5. The van der Waals surface area contributed by atoms with Gasteiger partial charge < -0.3 is 44.7 Å². The zero-order chi connectivity index (χ0) is 101. The summed E-state index contributed by atoms with van der Waals surface area (Å²) >= 11 is 69.5. The van der Waals surface area contributed by atoms with Gasteiger partial charge in [0.1, 0.15) is 78.4 Å². The van der Waals surface area contributed by atoms with Crippen LogP contribution < -0.4 is 31.4 Å². The fraction of sp³-hybridized carbons (Fsp3) is 0.281. The van der Waals surface area contributed by atoms with E-state index in [2.05, 4.69) is 57.9 Å². The third-order valence-corrected chi connectivity index (χ3v) is 27.9. The van der Waals surface area contributed by atoms with Crippen molar-refractivity contribution in [2.45, 2.75) is 119 Å². The van der Waals surface area contributed by atoms with E-state index in [1.807, 2.05) is 72.1 Å². The van der Waals surface area contributed by atoms with E-state index in [0.29, 0.717) is 74.7 Å². The van der Waals surface area contributed by atoms with E-state index in [1.54, 1.807) is 77.2 Å². The number of amides is 3. The second-order valence-corrected chi connectivity index (χ2v) is 37.8. The number of aromatic hydroxyl groups is 3. The summed E-state index contributed by atoms with van der Waals surface area (Å²) in [6.07, 6.45) is 8.55. The second-order valence-electron chi connectivity index (χ2n) is 33.6. The van der Waals surface area contributed by atoms with Crippen molar-refractivity contribution < 1.29 is 47.3 Å². The molecule has 15 rings (SSSR count). The van der Waals surface area contributed by atoms with Gasteiger partial charge in [-0.05, 0) is 131 Å². The monoisotopic (exact) mass is 2090 g/mol. The number of phenolic OH excluding ortho intramolecular Hbond substituents is 3. The van der Waals surface area contributed by atoms with E-state index in [-0.39, 0.29) is 199 Å². The van der Waals surface area contributed by atoms with Gasteiger partial charge in [0.2, 0.25) is 17.7 Å². The molecule has 138 heavy (non-hydrogen) atoms. The molecule has 0 aliphatic carbocycles. The number of anilines is 3. The third kappa shape index (κ3) is 18.2. The van der Waals surface area contributed by atoms with Gasteiger partial charge in [-0.3, -0.25) is 57.4 Å². The van der Waals surface area contributed by atoms with Crippen molar-refractivity contribution in [3.63, 3.8) is 0 Å². The van der Waals surface area contributed by atoms with Crippen molar-refractivity contribution in [1.82, 2.24) is 58.3 Å². The van der Waals surface area contributed by atoms with E-state index in [0.717, 1.165) is 0 Å². The predicted octanol–water partition coefficient (Wildman–Crippen LogP) is 21.8. The van der Waals surface area contributed by atoms with Crippen LogP contribution in [0.2, 0.25) is 55.2 Å². The standard InChI is InChI=1S/2C32H27Cl4FN6O3.C32H27Cl3F2N6O3/c2*1-6-20(44)42-10-9-41(13-16(42)5)29-17-11-19(33)27(21-22(34)23(35)25(37)24(36)30(21)45)40-31(17)43(32(46)18(29)12-38)28-15(4)7-8-39-26(28)14(2)3;1-6-20(44)42-10-9-41(13-16(42)5)29-17-11-19(33)27(21-22(34)25(37)23(35)30(45)24(21)36)40-31(17)43(32(46)18(29)12-38)28-15(4)7-8-39-26(28)14(2)3/h3*6-8,11,14,16,45H,1,9-10,13H2,2-5H3/t3*16-/m111/s1. The molecule has 12 heterocycles. The molecule has 0 unspecified atom stereocenters. The van der Waals surface area contributed by atoms with Crippen LogP contribution >= 0.6 is 128 Å². The van der Waals surface area contributed by atoms with Crippen LogP contribution in [0.4, 0.5) is 34.6 Å². The molecule has 3 aliphatic heterocycles. The minimum atomic E-state index is -1.37. The number of piperazine rings is 3. The summed E-state index contributed by atoms with van der Waals surface area (Å²) in [7, 11) is 0. The molecule has 0 bridgehead atoms. The van der Waals surface area contributed by atoms with E-state index in [9.17, 15) is 73.0 Å². The highest BCUT2D eigenvalue weighted by Crippen LogP contribution is 2.53. The maximum atomic E-state index is 15.5. The number of aryl methyl sites for hydroxylation is 3. The average molecular weight is 2100 g/mol. The SMILES string of the molecule is C=CC(=O)N1CCN(c2c(C#N)c(=O)n(-c3c(C)ccnc3C(C)C)c3nc(-c4c(F)c(O)c(Cl)c(F)c4Cl)c(Cl)cc23)C[C@H]1C.C=CC(=O)N1CCN(c2c(C#N)c(=O)n(-c3c(C)ccnc3C(C)C)c3nc(-c4c(O)c(Cl)c(F)c(Cl)c4Cl)c(Cl)cc23)C[C@H]1C.C=CC(=O)N1CCN(c2c(C#N)c(=O)n(-c3c(C)ccnc3C(C)C)c3nc(-c4c(O)c(Cl)c(F)c(Cl)c4Cl)c(Cl)cc23)C[C@H]1C. The molecule has 0 radical (unpaired) electrons. The average Bonchev–Trinajstić information content (AvgIpc) is 0.726. The van der Waals surface area contributed by atoms with Gasteiger partial charge in [-0.15, -0.1) is 0 Å². The number of aromatic nitrogens is 9. The fourth-order valence-corrected chi connectivity index (χ4v) is 20.0. The van der Waals surface area contributed by atoms with Gasteiger partial charge >= 0.3 is 0 Å². The molecule has 12 aromatic rings. The Morgan fingerprint density at radius 1 is 0.399 bits per heavy atom. The quantitative estimate of drug-likeness (QED) is 0.0371. The van der Waals surface area contributed by atoms with E-state index >= 15 is 4.39 Å². The number of carbonyl (C=O) groups excluding carboxylic acids is 3. The van der Waals surface area contributed by atoms with Crippen molar-refractivity contribution in [3.8, 4) is 86.3 Å². The molecular formula is C96H81Cl11F4N18O9. The first-order valence-corrected chi connectivity index (χ1v) is 46.5. The van der Waals surface area contributed by atoms with Crippen molar-refractivity contribution >= 4 is 195 Å². The molecule has 3 atom stereocenters. The number of benzene rings is 3. The lowest BCUT2D eigenvalue weighted by Gasteiger charge is -2.41. The molecule has 27 nitrogen and oxygen atoms in total. The summed E-state index contributed by atoms with van der Waals surface area (Å²) < 4.78 is 63.4. The van der Waals surface area contributed by atoms with Crippen LogP contribution in [0.1, 0.15) is 131 Å². The first-order chi connectivity index (χ1) is 65.2. The van der Waals surface area contributed by atoms with Crippen molar-refractivity contribution in [2.24, 2.45) is 0 Å². The summed E-state index contributed by atoms with van der Waals surface area (Å²) in [5.41, 5.74) is 1.18. The number of hydrogen-bond acceptors (Lipinski definition) is 21. The molecule has 3 N–H and O–H groups in total. The number of halogens is 15. The Hall–Kier alpha value is -12.0. The molecule has 0 spiro atoms. The Bertz CT molecular complexity index is 6790. The van der Waals surface area contributed by atoms with E-state index < -0.39 is 103 Å². The topological polar surface area (TPSA) is 346 Å². The van der Waals surface area contributed by atoms with Crippen molar-refractivity contribution in [1.29, 1.82) is 15.8 Å². The van der Waals surface area contributed by atoms with Gasteiger partial charge in [-0.1, -0.05) is 189 Å². The summed E-state index contributed by atoms with van der Waals surface area (Å²) in [4.78, 5) is 119. The number of hydrogen-bond donors (Lipinski definition) is 3. The highest BCUT2D eigenvalue weighted by Gasteiger charge is 2.40. The van der Waals surface area contributed by atoms with Gasteiger partial charge in [0.15, 0.2) is 29.0 Å². The predicted molar refractivity (Wildman–Crippen MR) is 533 cm³/mol. The molecule has 9 aromatic heterocycles. The number of fused-ring (bicyclic) bond motifs is 3. The summed E-state index contributed by atoms with van der Waals surface area (Å²) in [6, 6.07) is 14.9. The molecule has 42 heteroatoms. The Kier molecular flexibility index (Phi) is 30.9. The lowest BCUT2D eigenvalue weighted by atomic mass is 10.0. The molecule has 3 aromatic carbocycles. The Labute approximate surface area is 842 Å². The number of phenols is 3. The van der Waals surface area contributed by atoms with E-state index in [1.165, 1.54) is 50.1 Å². The van der Waals surface area contributed by atoms with Gasteiger partial charge in [0, 0.05) is 112 Å². The highest BCUT2D eigenvalue weighted by atomic mass is 35.5. The number of rotatable bonds is 15. The Balaban J connectivity index is 0.000000175. The van der Waals surface area contributed by atoms with Gasteiger partial charge in [-0.2, -0.15) is 15.8 Å². The van der Waals surface area contributed by atoms with Crippen LogP contribution in [-0.2, 0) is 14.4 Å². The molecule has 3 aliphatic rings. The summed E-state index contributed by atoms with van der Waals surface area (Å²) in [6.45, 7) is 35.6. The molecule has 0 saturated carbocycles. The summed E-state index contributed by atoms with van der Waals surface area (Å²) in [5, 5.41) is 59.0. The van der Waals surface area contributed by atoms with Crippen LogP contribution in [-0.4, -0.2) is 168 Å². The normalized spacial score (nSPS) is 15.0. The largest absolute Gasteiger partial charge is 0.506 e. The first kappa shape index (κ1) is 103. The van der Waals surface area contributed by atoms with Gasteiger partial charge in [-0.25, -0.2) is 32.5 Å². The number of carbonyl (C=O) groups is 3. The van der Waals surface area contributed by atoms with Crippen LogP contribution in [0, 0.1) is 78.0 Å². The number of nitriles is 3. The van der Waals surface area contributed by atoms with Gasteiger partial charge in [0.05, 0.1) is 125 Å². The molecular weight excluding hydrogens is 2020 g/mol. The van der Waals surface area contributed by atoms with Crippen molar-refractivity contribution in [3.05, 3.63) is 253 Å². The second kappa shape index (κ2) is 41.2. The van der Waals surface area contributed by atoms with Crippen LogP contribution in [0.15, 0.2) is 107 Å². The molecule has 3 amide bonds. The van der Waals surface area contributed by atoms with Crippen LogP contribution in [0.3, 0.4) is 0 Å². The smallest absolute Gasteiger partial charge is 0.276 e. The zero-order valence-electron chi connectivity index (χ0n) is 75.4. The molecule has 3 fully saturated rings. The Morgan fingerprint density at radius 3 is 0.913 bits per heavy atom. The van der Waals surface area contributed by atoms with Crippen LogP contribution in [0.5, 0.6) is 17.2 Å². The zero-order valence-corrected chi connectivity index (χ0v) is 83.7. The van der Waals surface area contributed by atoms with Crippen molar-refractivity contribution in [2.75, 3.05) is 73.6 Å². The lowest BCUT2D eigenvalue weighted by Crippen LogP contribution is -2.54. The van der Waals surface area contributed by atoms with E-state index in [4.69, 9.17) is 138 Å². The minimum Gasteiger partial charge on any atom is -0.506 e. The lowest BCUT2D eigenvalue weighted by molar-refractivity contribution is -0.129. The van der Waals surface area contributed by atoms with Gasteiger partial charge in [0.25, 0.3) is 16.7 Å². The fourth-order valence-electron chi connectivity index (χ4n) is 17.4. The molecule has 714 valence electrons. The first-order valence-electron chi connectivity index (χ1n) is 42.4. The highest BCUT2D eigenvalue weighted by molar-refractivity contribution is 6.48.